The van der Waals surface area contributed by atoms with Gasteiger partial charge in [0.2, 0.25) is 0 Å². The van der Waals surface area contributed by atoms with Gasteiger partial charge in [0.15, 0.2) is 5.78 Å². The second kappa shape index (κ2) is 5.25. The van der Waals surface area contributed by atoms with Crippen molar-refractivity contribution in [3.63, 3.8) is 0 Å². The summed E-state index contributed by atoms with van der Waals surface area (Å²) in [6.07, 6.45) is 5.88. The molecule has 3 nitrogen and oxygen atoms in total. The molecule has 3 heteroatoms. The largest absolute Gasteiger partial charge is 0.381 e. The maximum absolute atomic E-state index is 11.9. The zero-order chi connectivity index (χ0) is 14.8. The molecule has 0 radical (unpaired) electrons. The van der Waals surface area contributed by atoms with Crippen molar-refractivity contribution in [3.05, 3.63) is 34.9 Å². The fourth-order valence-corrected chi connectivity index (χ4v) is 2.44. The number of aliphatic hydroxyl groups is 1. The van der Waals surface area contributed by atoms with Crippen LogP contribution in [0.1, 0.15) is 41.0 Å². The van der Waals surface area contributed by atoms with E-state index in [1.165, 1.54) is 6.08 Å². The van der Waals surface area contributed by atoms with Gasteiger partial charge < -0.3 is 5.11 Å². The van der Waals surface area contributed by atoms with E-state index in [1.807, 2.05) is 13.8 Å². The molecule has 19 heavy (non-hydrogen) atoms. The van der Waals surface area contributed by atoms with Gasteiger partial charge in [-0.15, -0.1) is 0 Å². The molecule has 1 N–H and O–H groups in total. The summed E-state index contributed by atoms with van der Waals surface area (Å²) >= 11 is 0. The molecule has 0 aliphatic heterocycles. The fourth-order valence-electron chi connectivity index (χ4n) is 2.44. The highest BCUT2D eigenvalue weighted by Gasteiger charge is 2.48. The lowest BCUT2D eigenvalue weighted by molar-refractivity contribution is -0.122. The van der Waals surface area contributed by atoms with Crippen molar-refractivity contribution in [3.8, 4) is 0 Å². The monoisotopic (exact) mass is 262 g/mol. The summed E-state index contributed by atoms with van der Waals surface area (Å²) in [6, 6.07) is 0. The van der Waals surface area contributed by atoms with Crippen LogP contribution in [0.2, 0.25) is 0 Å². The Labute approximate surface area is 114 Å². The second-order valence-electron chi connectivity index (χ2n) is 5.88. The maximum atomic E-state index is 11.9. The third-order valence-electron chi connectivity index (χ3n) is 4.11. The molecule has 0 aromatic heterocycles. The Kier molecular flexibility index (Phi) is 4.31. The molecule has 0 aromatic rings. The van der Waals surface area contributed by atoms with Crippen LogP contribution in [0.25, 0.3) is 0 Å². The van der Waals surface area contributed by atoms with Gasteiger partial charge in [-0.3, -0.25) is 9.59 Å². The van der Waals surface area contributed by atoms with E-state index in [0.29, 0.717) is 23.9 Å². The third kappa shape index (κ3) is 2.76. The number of allylic oxidation sites excluding steroid dienone is 4. The Bertz CT molecular complexity index is 492. The van der Waals surface area contributed by atoms with Crippen LogP contribution >= 0.6 is 0 Å². The normalized spacial score (nSPS) is 28.1. The van der Waals surface area contributed by atoms with E-state index in [0.717, 1.165) is 5.57 Å². The molecule has 0 saturated heterocycles. The Balaban J connectivity index is 3.30. The first kappa shape index (κ1) is 15.6. The molecule has 0 heterocycles. The van der Waals surface area contributed by atoms with E-state index in [-0.39, 0.29) is 5.78 Å². The molecular formula is C16H22O3. The average molecular weight is 262 g/mol. The summed E-state index contributed by atoms with van der Waals surface area (Å²) in [5.41, 5.74) is 0.350. The first-order valence-corrected chi connectivity index (χ1v) is 6.40. The van der Waals surface area contributed by atoms with Gasteiger partial charge in [-0.25, -0.2) is 0 Å². The standard InChI is InChI=1S/C16H22O3/c1-11(7-9-17)6-8-16(19)13(3)12(2)14(18)10-15(16,4)5/h6-9,19H,10H2,1-5H3/b8-6+,11-7-. The SMILES string of the molecule is CC1=C(C)C(O)(/C=C/C(C)=C\C=O)C(C)(C)CC1=O. The van der Waals surface area contributed by atoms with Crippen LogP contribution in [0.3, 0.4) is 0 Å². The highest BCUT2D eigenvalue weighted by atomic mass is 16.3. The van der Waals surface area contributed by atoms with Crippen molar-refractivity contribution in [1.82, 2.24) is 0 Å². The van der Waals surface area contributed by atoms with Gasteiger partial charge in [-0.05, 0) is 49.6 Å². The summed E-state index contributed by atoms with van der Waals surface area (Å²) < 4.78 is 0. The number of carbonyl (C=O) groups is 2. The summed E-state index contributed by atoms with van der Waals surface area (Å²) in [5, 5.41) is 11.0. The van der Waals surface area contributed by atoms with Crippen molar-refractivity contribution < 1.29 is 14.7 Å². The van der Waals surface area contributed by atoms with Crippen molar-refractivity contribution in [1.29, 1.82) is 0 Å². The van der Waals surface area contributed by atoms with E-state index in [4.69, 9.17) is 0 Å². The molecule has 0 fully saturated rings. The van der Waals surface area contributed by atoms with Crippen LogP contribution < -0.4 is 0 Å². The molecule has 104 valence electrons. The van der Waals surface area contributed by atoms with E-state index < -0.39 is 11.0 Å². The number of rotatable bonds is 3. The lowest BCUT2D eigenvalue weighted by Gasteiger charge is -2.45. The van der Waals surface area contributed by atoms with Crippen molar-refractivity contribution in [2.45, 2.75) is 46.6 Å². The van der Waals surface area contributed by atoms with Crippen LogP contribution in [0.4, 0.5) is 0 Å². The van der Waals surface area contributed by atoms with Gasteiger partial charge in [0.25, 0.3) is 0 Å². The van der Waals surface area contributed by atoms with Gasteiger partial charge >= 0.3 is 0 Å². The predicted molar refractivity (Wildman–Crippen MR) is 75.7 cm³/mol. The van der Waals surface area contributed by atoms with Crippen LogP contribution in [0.5, 0.6) is 0 Å². The number of ketones is 1. The molecule has 0 spiro atoms. The zero-order valence-electron chi connectivity index (χ0n) is 12.3. The summed E-state index contributed by atoms with van der Waals surface area (Å²) in [4.78, 5) is 22.3. The number of Topliss-reactive ketones (excluding diaryl/α,β-unsaturated/α-hetero) is 1. The summed E-state index contributed by atoms with van der Waals surface area (Å²) in [7, 11) is 0. The second-order valence-corrected chi connectivity index (χ2v) is 5.88. The quantitative estimate of drug-likeness (QED) is 0.483. The molecule has 1 aliphatic carbocycles. The van der Waals surface area contributed by atoms with Gasteiger partial charge in [-0.1, -0.05) is 19.9 Å². The average Bonchev–Trinajstić information content (AvgIpc) is 2.32. The van der Waals surface area contributed by atoms with Crippen molar-refractivity contribution in [2.75, 3.05) is 0 Å². The number of hydrogen-bond donors (Lipinski definition) is 1. The van der Waals surface area contributed by atoms with Crippen molar-refractivity contribution in [2.24, 2.45) is 5.41 Å². The molecule has 0 aromatic carbocycles. The van der Waals surface area contributed by atoms with Crippen LogP contribution in [-0.2, 0) is 9.59 Å². The molecule has 0 amide bonds. The Morgan fingerprint density at radius 1 is 1.32 bits per heavy atom. The molecule has 1 rings (SSSR count). The number of aldehydes is 1. The molecule has 0 bridgehead atoms. The van der Waals surface area contributed by atoms with Crippen LogP contribution in [0, 0.1) is 5.41 Å². The van der Waals surface area contributed by atoms with E-state index >= 15 is 0 Å². The highest BCUT2D eigenvalue weighted by molar-refractivity contribution is 5.97. The number of carbonyl (C=O) groups excluding carboxylic acids is 2. The van der Waals surface area contributed by atoms with E-state index in [2.05, 4.69) is 0 Å². The fraction of sp³-hybridized carbons (Fsp3) is 0.500. The van der Waals surface area contributed by atoms with Gasteiger partial charge in [-0.2, -0.15) is 0 Å². The van der Waals surface area contributed by atoms with E-state index in [1.54, 1.807) is 32.9 Å². The number of hydrogen-bond acceptors (Lipinski definition) is 3. The molecular weight excluding hydrogens is 240 g/mol. The Hall–Kier alpha value is -1.48. The minimum absolute atomic E-state index is 0.0840. The lowest BCUT2D eigenvalue weighted by Crippen LogP contribution is -2.49. The first-order valence-electron chi connectivity index (χ1n) is 6.40. The summed E-state index contributed by atoms with van der Waals surface area (Å²) in [6.45, 7) is 9.09. The Morgan fingerprint density at radius 3 is 2.42 bits per heavy atom. The minimum Gasteiger partial charge on any atom is -0.381 e. The molecule has 1 aliphatic rings. The predicted octanol–water partition coefficient (Wildman–Crippen LogP) is 2.75. The van der Waals surface area contributed by atoms with Crippen molar-refractivity contribution >= 4 is 12.1 Å². The highest BCUT2D eigenvalue weighted by Crippen LogP contribution is 2.46. The zero-order valence-corrected chi connectivity index (χ0v) is 12.3. The van der Waals surface area contributed by atoms with Gasteiger partial charge in [0.1, 0.15) is 11.9 Å². The van der Waals surface area contributed by atoms with Crippen LogP contribution in [0.15, 0.2) is 34.9 Å². The summed E-state index contributed by atoms with van der Waals surface area (Å²) in [5.74, 6) is 0.0840. The van der Waals surface area contributed by atoms with E-state index in [9.17, 15) is 14.7 Å². The van der Waals surface area contributed by atoms with Gasteiger partial charge in [0.05, 0.1) is 0 Å². The first-order chi connectivity index (χ1) is 8.65. The Morgan fingerprint density at radius 2 is 1.89 bits per heavy atom. The smallest absolute Gasteiger partial charge is 0.159 e. The topological polar surface area (TPSA) is 54.4 Å². The molecule has 0 saturated carbocycles. The molecule has 1 unspecified atom stereocenters. The third-order valence-corrected chi connectivity index (χ3v) is 4.11. The molecule has 1 atom stereocenters. The van der Waals surface area contributed by atoms with Gasteiger partial charge in [0, 0.05) is 11.8 Å². The maximum Gasteiger partial charge on any atom is 0.159 e. The lowest BCUT2D eigenvalue weighted by atomic mass is 9.62. The van der Waals surface area contributed by atoms with Crippen LogP contribution in [-0.4, -0.2) is 22.8 Å². The minimum atomic E-state index is -1.16.